The van der Waals surface area contributed by atoms with Crippen LogP contribution in [0.5, 0.6) is 5.75 Å². The number of hydrogen-bond acceptors (Lipinski definition) is 6. The predicted octanol–water partition coefficient (Wildman–Crippen LogP) is 2.62. The Morgan fingerprint density at radius 2 is 1.75 bits per heavy atom. The van der Waals surface area contributed by atoms with E-state index in [4.69, 9.17) is 4.74 Å². The van der Waals surface area contributed by atoms with Crippen LogP contribution < -0.4 is 14.5 Å². The van der Waals surface area contributed by atoms with Gasteiger partial charge in [0.1, 0.15) is 17.4 Å². The molecule has 2 aliphatic rings. The van der Waals surface area contributed by atoms with Gasteiger partial charge in [-0.05, 0) is 26.0 Å². The van der Waals surface area contributed by atoms with Crippen molar-refractivity contribution in [1.29, 1.82) is 0 Å². The van der Waals surface area contributed by atoms with Crippen LogP contribution in [0, 0.1) is 13.8 Å². The van der Waals surface area contributed by atoms with Crippen molar-refractivity contribution in [3.63, 3.8) is 0 Å². The van der Waals surface area contributed by atoms with Crippen molar-refractivity contribution in [2.75, 3.05) is 49.3 Å². The highest BCUT2D eigenvalue weighted by atomic mass is 16.5. The van der Waals surface area contributed by atoms with Gasteiger partial charge in [-0.3, -0.25) is 14.6 Å². The molecule has 28 heavy (non-hydrogen) atoms. The van der Waals surface area contributed by atoms with Gasteiger partial charge in [0.15, 0.2) is 6.61 Å². The van der Waals surface area contributed by atoms with E-state index in [0.29, 0.717) is 6.67 Å². The lowest BCUT2D eigenvalue weighted by atomic mass is 10.2. The van der Waals surface area contributed by atoms with Crippen LogP contribution in [0.25, 0.3) is 0 Å². The van der Waals surface area contributed by atoms with Crippen molar-refractivity contribution in [2.24, 2.45) is 0 Å². The highest BCUT2D eigenvalue weighted by Gasteiger charge is 2.28. The molecule has 0 radical (unpaired) electrons. The SMILES string of the molecule is CC.Cc1cc(N2CCN(CN3C(=O)COc4ccccc43)CC2)nc(C)n1. The molecule has 0 saturated carbocycles. The summed E-state index contributed by atoms with van der Waals surface area (Å²) in [6, 6.07) is 9.74. The number of benzene rings is 1. The summed E-state index contributed by atoms with van der Waals surface area (Å²) >= 11 is 0. The van der Waals surface area contributed by atoms with Gasteiger partial charge in [0.05, 0.1) is 12.4 Å². The summed E-state index contributed by atoms with van der Waals surface area (Å²) in [4.78, 5) is 27.7. The van der Waals surface area contributed by atoms with E-state index in [1.807, 2.05) is 62.9 Å². The molecular formula is C21H29N5O2. The number of nitrogens with zero attached hydrogens (tertiary/aromatic N) is 5. The monoisotopic (exact) mass is 383 g/mol. The zero-order valence-electron chi connectivity index (χ0n) is 17.2. The fourth-order valence-corrected chi connectivity index (χ4v) is 3.49. The van der Waals surface area contributed by atoms with E-state index in [0.717, 1.165) is 55.0 Å². The molecule has 0 spiro atoms. The second-order valence-corrected chi connectivity index (χ2v) is 6.74. The summed E-state index contributed by atoms with van der Waals surface area (Å²) in [7, 11) is 0. The standard InChI is InChI=1S/C19H23N5O2.C2H6/c1-14-11-18(21-15(2)20-14)23-9-7-22(8-10-23)13-24-16-5-3-4-6-17(16)26-12-19(24)25;1-2/h3-6,11H,7-10,12-13H2,1-2H3;1-2H3. The van der Waals surface area contributed by atoms with Gasteiger partial charge >= 0.3 is 0 Å². The Hall–Kier alpha value is -2.67. The van der Waals surface area contributed by atoms with E-state index in [-0.39, 0.29) is 12.5 Å². The summed E-state index contributed by atoms with van der Waals surface area (Å²) in [5, 5.41) is 0. The number of aryl methyl sites for hydroxylation is 2. The Balaban J connectivity index is 0.00000109. The number of carbonyl (C=O) groups excluding carboxylic acids is 1. The lowest BCUT2D eigenvalue weighted by Gasteiger charge is -2.39. The molecule has 2 aromatic rings. The molecule has 0 unspecified atom stereocenters. The van der Waals surface area contributed by atoms with Gasteiger partial charge < -0.3 is 9.64 Å². The topological polar surface area (TPSA) is 61.8 Å². The van der Waals surface area contributed by atoms with Crippen LogP contribution >= 0.6 is 0 Å². The number of amides is 1. The van der Waals surface area contributed by atoms with Crippen LogP contribution in [0.2, 0.25) is 0 Å². The van der Waals surface area contributed by atoms with Crippen molar-refractivity contribution in [1.82, 2.24) is 14.9 Å². The maximum atomic E-state index is 12.3. The van der Waals surface area contributed by atoms with E-state index in [1.54, 1.807) is 0 Å². The van der Waals surface area contributed by atoms with E-state index in [2.05, 4.69) is 19.8 Å². The first-order valence-corrected chi connectivity index (χ1v) is 9.92. The van der Waals surface area contributed by atoms with Gasteiger partial charge in [-0.2, -0.15) is 0 Å². The maximum absolute atomic E-state index is 12.3. The number of hydrogen-bond donors (Lipinski definition) is 0. The molecule has 7 heteroatoms. The lowest BCUT2D eigenvalue weighted by Crippen LogP contribution is -2.53. The minimum atomic E-state index is 0.00757. The summed E-state index contributed by atoms with van der Waals surface area (Å²) in [5.74, 6) is 2.58. The first kappa shape index (κ1) is 20.1. The number of aromatic nitrogens is 2. The van der Waals surface area contributed by atoms with E-state index in [9.17, 15) is 4.79 Å². The number of carbonyl (C=O) groups is 1. The highest BCUT2D eigenvalue weighted by Crippen LogP contribution is 2.31. The fraction of sp³-hybridized carbons (Fsp3) is 0.476. The Morgan fingerprint density at radius 1 is 1.04 bits per heavy atom. The average molecular weight is 383 g/mol. The van der Waals surface area contributed by atoms with Crippen LogP contribution in [-0.2, 0) is 4.79 Å². The van der Waals surface area contributed by atoms with Crippen molar-refractivity contribution in [2.45, 2.75) is 27.7 Å². The Kier molecular flexibility index (Phi) is 6.46. The molecule has 0 N–H and O–H groups in total. The third-order valence-corrected chi connectivity index (χ3v) is 4.80. The summed E-state index contributed by atoms with van der Waals surface area (Å²) < 4.78 is 5.52. The van der Waals surface area contributed by atoms with Gasteiger partial charge in [0, 0.05) is 37.9 Å². The number of piperazine rings is 1. The van der Waals surface area contributed by atoms with Crippen LogP contribution in [-0.4, -0.2) is 60.2 Å². The normalized spacial score (nSPS) is 16.8. The minimum absolute atomic E-state index is 0.00757. The largest absolute Gasteiger partial charge is 0.482 e. The molecule has 1 amide bonds. The molecule has 4 rings (SSSR count). The van der Waals surface area contributed by atoms with Crippen LogP contribution in [0.3, 0.4) is 0 Å². The van der Waals surface area contributed by atoms with Gasteiger partial charge in [0.25, 0.3) is 5.91 Å². The van der Waals surface area contributed by atoms with E-state index < -0.39 is 0 Å². The molecule has 0 aliphatic carbocycles. The molecule has 2 aliphatic heterocycles. The molecule has 1 fully saturated rings. The predicted molar refractivity (Wildman–Crippen MR) is 111 cm³/mol. The second kappa shape index (κ2) is 9.01. The Labute approximate surface area is 166 Å². The Bertz CT molecular complexity index is 798. The number of para-hydroxylation sites is 2. The average Bonchev–Trinajstić information content (AvgIpc) is 2.71. The molecular weight excluding hydrogens is 354 g/mol. The smallest absolute Gasteiger partial charge is 0.266 e. The van der Waals surface area contributed by atoms with Crippen LogP contribution in [0.4, 0.5) is 11.5 Å². The van der Waals surface area contributed by atoms with Gasteiger partial charge in [-0.15, -0.1) is 0 Å². The number of anilines is 2. The third-order valence-electron chi connectivity index (χ3n) is 4.80. The van der Waals surface area contributed by atoms with Crippen molar-refractivity contribution in [3.8, 4) is 5.75 Å². The second-order valence-electron chi connectivity index (χ2n) is 6.74. The molecule has 0 bridgehead atoms. The summed E-state index contributed by atoms with van der Waals surface area (Å²) in [5.41, 5.74) is 1.85. The Morgan fingerprint density at radius 3 is 2.46 bits per heavy atom. The quantitative estimate of drug-likeness (QED) is 0.812. The van der Waals surface area contributed by atoms with Crippen molar-refractivity contribution >= 4 is 17.4 Å². The lowest BCUT2D eigenvalue weighted by molar-refractivity contribution is -0.121. The van der Waals surface area contributed by atoms with Crippen LogP contribution in [0.15, 0.2) is 30.3 Å². The third kappa shape index (κ3) is 4.42. The molecule has 0 atom stereocenters. The van der Waals surface area contributed by atoms with Gasteiger partial charge in [-0.1, -0.05) is 26.0 Å². The van der Waals surface area contributed by atoms with Gasteiger partial charge in [-0.25, -0.2) is 9.97 Å². The summed E-state index contributed by atoms with van der Waals surface area (Å²) in [6.45, 7) is 12.2. The summed E-state index contributed by atoms with van der Waals surface area (Å²) in [6.07, 6.45) is 0. The van der Waals surface area contributed by atoms with Crippen molar-refractivity contribution in [3.05, 3.63) is 41.9 Å². The van der Waals surface area contributed by atoms with E-state index >= 15 is 0 Å². The van der Waals surface area contributed by atoms with Crippen LogP contribution in [0.1, 0.15) is 25.4 Å². The van der Waals surface area contributed by atoms with Crippen molar-refractivity contribution < 1.29 is 9.53 Å². The molecule has 1 aromatic heterocycles. The molecule has 3 heterocycles. The highest BCUT2D eigenvalue weighted by molar-refractivity contribution is 5.97. The number of fused-ring (bicyclic) bond motifs is 1. The molecule has 150 valence electrons. The number of ether oxygens (including phenoxy) is 1. The van der Waals surface area contributed by atoms with E-state index in [1.165, 1.54) is 0 Å². The molecule has 1 saturated heterocycles. The molecule has 7 nitrogen and oxygen atoms in total. The fourth-order valence-electron chi connectivity index (χ4n) is 3.49. The van der Waals surface area contributed by atoms with Gasteiger partial charge in [0.2, 0.25) is 0 Å². The first-order valence-electron chi connectivity index (χ1n) is 9.92. The zero-order valence-corrected chi connectivity index (χ0v) is 17.2. The minimum Gasteiger partial charge on any atom is -0.482 e. The zero-order chi connectivity index (χ0) is 20.1. The maximum Gasteiger partial charge on any atom is 0.266 e. The number of rotatable bonds is 3. The first-order chi connectivity index (χ1) is 13.6. The molecule has 1 aromatic carbocycles.